The summed E-state index contributed by atoms with van der Waals surface area (Å²) in [6.45, 7) is 2.06. The van der Waals surface area contributed by atoms with E-state index in [0.29, 0.717) is 0 Å². The van der Waals surface area contributed by atoms with Gasteiger partial charge in [0.1, 0.15) is 6.29 Å². The highest BCUT2D eigenvalue weighted by Crippen LogP contribution is 2.01. The second kappa shape index (κ2) is 6.49. The van der Waals surface area contributed by atoms with Crippen LogP contribution in [0.2, 0.25) is 0 Å². The van der Waals surface area contributed by atoms with Crippen molar-refractivity contribution in [1.82, 2.24) is 0 Å². The largest absolute Gasteiger partial charge is 0.381 e. The van der Waals surface area contributed by atoms with Crippen molar-refractivity contribution in [3.05, 3.63) is 12.2 Å². The number of hydrogen-bond acceptors (Lipinski definition) is 2. The Morgan fingerprint density at radius 2 is 2.30 bits per heavy atom. The lowest BCUT2D eigenvalue weighted by Crippen LogP contribution is -2.06. The molecule has 0 rings (SSSR count). The molecular weight excluding hydrogens is 128 g/mol. The second-order valence-corrected chi connectivity index (χ2v) is 2.07. The fourth-order valence-electron chi connectivity index (χ4n) is 0.715. The van der Waals surface area contributed by atoms with Crippen molar-refractivity contribution < 1.29 is 9.53 Å². The highest BCUT2D eigenvalue weighted by atomic mass is 16.5. The summed E-state index contributed by atoms with van der Waals surface area (Å²) in [5, 5.41) is 0. The Kier molecular flexibility index (Phi) is 6.08. The molecule has 1 atom stereocenters. The highest BCUT2D eigenvalue weighted by molar-refractivity contribution is 5.64. The van der Waals surface area contributed by atoms with Crippen molar-refractivity contribution in [2.24, 2.45) is 0 Å². The molecule has 0 aliphatic heterocycles. The van der Waals surface area contributed by atoms with E-state index in [1.165, 1.54) is 6.08 Å². The number of aldehydes is 1. The van der Waals surface area contributed by atoms with Gasteiger partial charge in [-0.15, -0.1) is 0 Å². The monoisotopic (exact) mass is 142 g/mol. The number of allylic oxidation sites excluding steroid dienone is 1. The van der Waals surface area contributed by atoms with E-state index in [-0.39, 0.29) is 6.10 Å². The molecule has 0 aliphatic rings. The van der Waals surface area contributed by atoms with Crippen LogP contribution in [0.25, 0.3) is 0 Å². The first-order valence-corrected chi connectivity index (χ1v) is 3.48. The van der Waals surface area contributed by atoms with Crippen LogP contribution in [-0.2, 0) is 9.53 Å². The van der Waals surface area contributed by atoms with Gasteiger partial charge in [-0.3, -0.25) is 4.79 Å². The first-order valence-electron chi connectivity index (χ1n) is 3.48. The van der Waals surface area contributed by atoms with Crippen LogP contribution >= 0.6 is 0 Å². The van der Waals surface area contributed by atoms with E-state index in [1.54, 1.807) is 7.11 Å². The van der Waals surface area contributed by atoms with Gasteiger partial charge < -0.3 is 4.74 Å². The average Bonchev–Trinajstić information content (AvgIpc) is 1.99. The molecule has 0 aliphatic carbocycles. The minimum absolute atomic E-state index is 0.260. The molecule has 0 bridgehead atoms. The normalized spacial score (nSPS) is 13.8. The van der Waals surface area contributed by atoms with Crippen LogP contribution in [0.3, 0.4) is 0 Å². The van der Waals surface area contributed by atoms with Crippen LogP contribution < -0.4 is 0 Å². The van der Waals surface area contributed by atoms with Crippen molar-refractivity contribution in [3.63, 3.8) is 0 Å². The number of hydrogen-bond donors (Lipinski definition) is 0. The summed E-state index contributed by atoms with van der Waals surface area (Å²) >= 11 is 0. The summed E-state index contributed by atoms with van der Waals surface area (Å²) in [5.74, 6) is 0. The van der Waals surface area contributed by atoms with E-state index in [4.69, 9.17) is 4.74 Å². The molecule has 0 saturated carbocycles. The Balaban J connectivity index is 3.43. The van der Waals surface area contributed by atoms with Gasteiger partial charge in [0.2, 0.25) is 0 Å². The van der Waals surface area contributed by atoms with Gasteiger partial charge in [0.25, 0.3) is 0 Å². The number of carbonyl (C=O) groups is 1. The molecule has 0 aromatic carbocycles. The van der Waals surface area contributed by atoms with Crippen molar-refractivity contribution in [2.75, 3.05) is 7.11 Å². The van der Waals surface area contributed by atoms with E-state index < -0.39 is 0 Å². The minimum Gasteiger partial charge on any atom is -0.381 e. The minimum atomic E-state index is 0.260. The Morgan fingerprint density at radius 1 is 1.60 bits per heavy atom. The molecule has 0 spiro atoms. The number of rotatable bonds is 5. The van der Waals surface area contributed by atoms with E-state index >= 15 is 0 Å². The Labute approximate surface area is 61.9 Å². The van der Waals surface area contributed by atoms with Crippen LogP contribution in [0.4, 0.5) is 0 Å². The molecule has 0 radical (unpaired) electrons. The molecule has 2 nitrogen and oxygen atoms in total. The molecule has 0 aromatic heterocycles. The maximum absolute atomic E-state index is 9.84. The summed E-state index contributed by atoms with van der Waals surface area (Å²) < 4.78 is 5.08. The molecule has 58 valence electrons. The molecule has 10 heavy (non-hydrogen) atoms. The van der Waals surface area contributed by atoms with Crippen molar-refractivity contribution in [1.29, 1.82) is 0 Å². The van der Waals surface area contributed by atoms with Crippen LogP contribution in [0, 0.1) is 0 Å². The lowest BCUT2D eigenvalue weighted by atomic mass is 10.2. The van der Waals surface area contributed by atoms with Gasteiger partial charge in [-0.2, -0.15) is 0 Å². The van der Waals surface area contributed by atoms with Gasteiger partial charge in [0.15, 0.2) is 0 Å². The zero-order valence-corrected chi connectivity index (χ0v) is 6.54. The Morgan fingerprint density at radius 3 is 2.70 bits per heavy atom. The van der Waals surface area contributed by atoms with Crippen molar-refractivity contribution >= 4 is 6.29 Å². The molecule has 0 amide bonds. The van der Waals surface area contributed by atoms with Gasteiger partial charge in [-0.05, 0) is 18.9 Å². The van der Waals surface area contributed by atoms with Gasteiger partial charge >= 0.3 is 0 Å². The van der Waals surface area contributed by atoms with Crippen molar-refractivity contribution in [2.45, 2.75) is 25.9 Å². The zero-order valence-electron chi connectivity index (χ0n) is 6.54. The summed E-state index contributed by atoms with van der Waals surface area (Å²) in [7, 11) is 1.68. The fourth-order valence-corrected chi connectivity index (χ4v) is 0.715. The third-order valence-corrected chi connectivity index (χ3v) is 1.40. The predicted molar refractivity (Wildman–Crippen MR) is 40.9 cm³/mol. The lowest BCUT2D eigenvalue weighted by Gasteiger charge is -2.08. The van der Waals surface area contributed by atoms with E-state index in [0.717, 1.165) is 19.1 Å². The van der Waals surface area contributed by atoms with Crippen LogP contribution in [-0.4, -0.2) is 19.5 Å². The molecule has 2 heteroatoms. The zero-order chi connectivity index (χ0) is 7.82. The molecule has 0 N–H and O–H groups in total. The van der Waals surface area contributed by atoms with Gasteiger partial charge in [0, 0.05) is 7.11 Å². The SMILES string of the molecule is CCC(C/C=C/C=O)OC. The van der Waals surface area contributed by atoms with E-state index in [2.05, 4.69) is 6.92 Å². The standard InChI is InChI=1S/C8H14O2/c1-3-8(10-2)6-4-5-7-9/h4-5,7-8H,3,6H2,1-2H3/b5-4+. The number of carbonyl (C=O) groups excluding carboxylic acids is 1. The summed E-state index contributed by atoms with van der Waals surface area (Å²) in [4.78, 5) is 9.84. The van der Waals surface area contributed by atoms with Crippen LogP contribution in [0.1, 0.15) is 19.8 Å². The smallest absolute Gasteiger partial charge is 0.142 e. The third-order valence-electron chi connectivity index (χ3n) is 1.40. The van der Waals surface area contributed by atoms with Gasteiger partial charge in [0.05, 0.1) is 6.10 Å². The Hall–Kier alpha value is -0.630. The molecule has 0 aromatic rings. The molecule has 0 saturated heterocycles. The average molecular weight is 142 g/mol. The molecule has 0 heterocycles. The van der Waals surface area contributed by atoms with Gasteiger partial charge in [-0.25, -0.2) is 0 Å². The molecular formula is C8H14O2. The van der Waals surface area contributed by atoms with Crippen molar-refractivity contribution in [3.8, 4) is 0 Å². The first kappa shape index (κ1) is 9.37. The Bertz CT molecular complexity index is 104. The topological polar surface area (TPSA) is 26.3 Å². The van der Waals surface area contributed by atoms with Crippen LogP contribution in [0.15, 0.2) is 12.2 Å². The third kappa shape index (κ3) is 4.27. The summed E-state index contributed by atoms with van der Waals surface area (Å²) in [5.41, 5.74) is 0. The lowest BCUT2D eigenvalue weighted by molar-refractivity contribution is -0.104. The second-order valence-electron chi connectivity index (χ2n) is 2.07. The quantitative estimate of drug-likeness (QED) is 0.430. The van der Waals surface area contributed by atoms with E-state index in [9.17, 15) is 4.79 Å². The maximum Gasteiger partial charge on any atom is 0.142 e. The summed E-state index contributed by atoms with van der Waals surface area (Å²) in [6.07, 6.45) is 6.18. The van der Waals surface area contributed by atoms with Gasteiger partial charge in [-0.1, -0.05) is 13.0 Å². The maximum atomic E-state index is 9.84. The molecule has 0 fully saturated rings. The summed E-state index contributed by atoms with van der Waals surface area (Å²) in [6, 6.07) is 0. The van der Waals surface area contributed by atoms with Crippen LogP contribution in [0.5, 0.6) is 0 Å². The van der Waals surface area contributed by atoms with E-state index in [1.807, 2.05) is 6.08 Å². The highest BCUT2D eigenvalue weighted by Gasteiger charge is 1.98. The fraction of sp³-hybridized carbons (Fsp3) is 0.625. The number of ether oxygens (including phenoxy) is 1. The molecule has 1 unspecified atom stereocenters. The number of methoxy groups -OCH3 is 1. The first-order chi connectivity index (χ1) is 4.85. The predicted octanol–water partition coefficient (Wildman–Crippen LogP) is 1.56.